The fourth-order valence-corrected chi connectivity index (χ4v) is 1.87. The molecular formula is C14H18N4O2. The molecule has 0 fully saturated rings. The highest BCUT2D eigenvalue weighted by atomic mass is 16.5. The Morgan fingerprint density at radius 2 is 2.35 bits per heavy atom. The highest BCUT2D eigenvalue weighted by molar-refractivity contribution is 5.95. The summed E-state index contributed by atoms with van der Waals surface area (Å²) in [4.78, 5) is 19.1. The minimum atomic E-state index is -0.140. The maximum atomic E-state index is 11.9. The van der Waals surface area contributed by atoms with Crippen LogP contribution in [0.2, 0.25) is 0 Å². The Morgan fingerprint density at radius 3 is 3.00 bits per heavy atom. The molecular weight excluding hydrogens is 256 g/mol. The molecule has 0 bridgehead atoms. The summed E-state index contributed by atoms with van der Waals surface area (Å²) in [6.45, 7) is 0.589. The summed E-state index contributed by atoms with van der Waals surface area (Å²) >= 11 is 0. The molecule has 0 spiro atoms. The molecule has 0 unspecified atom stereocenters. The van der Waals surface area contributed by atoms with Gasteiger partial charge in [-0.3, -0.25) is 4.79 Å². The summed E-state index contributed by atoms with van der Waals surface area (Å²) < 4.78 is 5.05. The number of aromatic amines is 1. The van der Waals surface area contributed by atoms with Gasteiger partial charge in [0, 0.05) is 30.9 Å². The Bertz CT molecular complexity index is 567. The number of anilines is 1. The highest BCUT2D eigenvalue weighted by Crippen LogP contribution is 2.21. The van der Waals surface area contributed by atoms with Gasteiger partial charge in [-0.2, -0.15) is 0 Å². The number of nitrogens with two attached hydrogens (primary N) is 1. The number of nitrogens with zero attached hydrogens (tertiary/aromatic N) is 1. The van der Waals surface area contributed by atoms with Gasteiger partial charge in [-0.05, 0) is 24.6 Å². The SMILES string of the molecule is COc1ccc(C(=O)NCCCc2ncc[nH]2)cc1N. The third kappa shape index (κ3) is 3.50. The van der Waals surface area contributed by atoms with Crippen molar-refractivity contribution < 1.29 is 9.53 Å². The number of methoxy groups -OCH3 is 1. The first-order valence-electron chi connectivity index (χ1n) is 6.40. The van der Waals surface area contributed by atoms with E-state index in [-0.39, 0.29) is 5.91 Å². The van der Waals surface area contributed by atoms with Gasteiger partial charge < -0.3 is 20.8 Å². The van der Waals surface area contributed by atoms with E-state index in [2.05, 4.69) is 15.3 Å². The molecule has 0 aliphatic rings. The summed E-state index contributed by atoms with van der Waals surface area (Å²) in [5.74, 6) is 1.35. The van der Waals surface area contributed by atoms with E-state index in [1.807, 2.05) is 0 Å². The molecule has 0 saturated carbocycles. The Hall–Kier alpha value is -2.50. The molecule has 106 valence electrons. The van der Waals surface area contributed by atoms with Gasteiger partial charge in [0.2, 0.25) is 0 Å². The lowest BCUT2D eigenvalue weighted by molar-refractivity contribution is 0.0953. The first kappa shape index (κ1) is 13.9. The molecule has 2 aromatic rings. The summed E-state index contributed by atoms with van der Waals surface area (Å²) in [5, 5.41) is 2.85. The van der Waals surface area contributed by atoms with Crippen LogP contribution in [-0.4, -0.2) is 29.5 Å². The number of carbonyl (C=O) groups is 1. The van der Waals surface area contributed by atoms with Crippen LogP contribution in [0.25, 0.3) is 0 Å². The van der Waals surface area contributed by atoms with E-state index in [0.29, 0.717) is 23.5 Å². The first-order chi connectivity index (χ1) is 9.70. The van der Waals surface area contributed by atoms with Crippen molar-refractivity contribution in [3.63, 3.8) is 0 Å². The van der Waals surface area contributed by atoms with Gasteiger partial charge in [0.1, 0.15) is 11.6 Å². The molecule has 0 aliphatic heterocycles. The number of benzene rings is 1. The van der Waals surface area contributed by atoms with E-state index >= 15 is 0 Å². The molecule has 0 atom stereocenters. The first-order valence-corrected chi connectivity index (χ1v) is 6.40. The van der Waals surface area contributed by atoms with Crippen LogP contribution in [-0.2, 0) is 6.42 Å². The number of hydrogen-bond acceptors (Lipinski definition) is 4. The number of hydrogen-bond donors (Lipinski definition) is 3. The van der Waals surface area contributed by atoms with Crippen molar-refractivity contribution in [1.29, 1.82) is 0 Å². The molecule has 4 N–H and O–H groups in total. The molecule has 0 radical (unpaired) electrons. The number of amides is 1. The maximum Gasteiger partial charge on any atom is 0.251 e. The molecule has 6 heteroatoms. The standard InChI is InChI=1S/C14H18N4O2/c1-20-12-5-4-10(9-11(12)15)14(19)18-6-2-3-13-16-7-8-17-13/h4-5,7-9H,2-3,6,15H2,1H3,(H,16,17)(H,18,19). The second-order valence-corrected chi connectivity index (χ2v) is 4.35. The van der Waals surface area contributed by atoms with Crippen LogP contribution < -0.4 is 15.8 Å². The fourth-order valence-electron chi connectivity index (χ4n) is 1.87. The fraction of sp³-hybridized carbons (Fsp3) is 0.286. The second kappa shape index (κ2) is 6.60. The van der Waals surface area contributed by atoms with Crippen molar-refractivity contribution in [3.05, 3.63) is 42.0 Å². The zero-order chi connectivity index (χ0) is 14.4. The normalized spacial score (nSPS) is 10.2. The van der Waals surface area contributed by atoms with Crippen molar-refractivity contribution in [3.8, 4) is 5.75 Å². The van der Waals surface area contributed by atoms with E-state index in [1.54, 1.807) is 37.7 Å². The van der Waals surface area contributed by atoms with Crippen LogP contribution in [0.5, 0.6) is 5.75 Å². The van der Waals surface area contributed by atoms with E-state index < -0.39 is 0 Å². The largest absolute Gasteiger partial charge is 0.495 e. The Morgan fingerprint density at radius 1 is 1.50 bits per heavy atom. The molecule has 1 heterocycles. The van der Waals surface area contributed by atoms with Crippen LogP contribution >= 0.6 is 0 Å². The van der Waals surface area contributed by atoms with E-state index in [1.165, 1.54) is 0 Å². The predicted molar refractivity (Wildman–Crippen MR) is 76.6 cm³/mol. The summed E-state index contributed by atoms with van der Waals surface area (Å²) in [7, 11) is 1.54. The zero-order valence-corrected chi connectivity index (χ0v) is 11.3. The van der Waals surface area contributed by atoms with Gasteiger partial charge in [-0.15, -0.1) is 0 Å². The molecule has 0 aliphatic carbocycles. The highest BCUT2D eigenvalue weighted by Gasteiger charge is 2.08. The van der Waals surface area contributed by atoms with Gasteiger partial charge in [0.15, 0.2) is 0 Å². The third-order valence-electron chi connectivity index (χ3n) is 2.92. The van der Waals surface area contributed by atoms with E-state index in [4.69, 9.17) is 10.5 Å². The van der Waals surface area contributed by atoms with Crippen molar-refractivity contribution in [1.82, 2.24) is 15.3 Å². The average molecular weight is 274 g/mol. The number of H-pyrrole nitrogens is 1. The zero-order valence-electron chi connectivity index (χ0n) is 11.3. The Kier molecular flexibility index (Phi) is 4.60. The minimum absolute atomic E-state index is 0.140. The number of ether oxygens (including phenoxy) is 1. The number of aromatic nitrogens is 2. The number of aryl methyl sites for hydroxylation is 1. The Balaban J connectivity index is 1.81. The van der Waals surface area contributed by atoms with Gasteiger partial charge in [0.25, 0.3) is 5.91 Å². The lowest BCUT2D eigenvalue weighted by Crippen LogP contribution is -2.25. The molecule has 1 aromatic heterocycles. The van der Waals surface area contributed by atoms with Crippen LogP contribution in [0.4, 0.5) is 5.69 Å². The third-order valence-corrected chi connectivity index (χ3v) is 2.92. The van der Waals surface area contributed by atoms with Crippen LogP contribution in [0, 0.1) is 0 Å². The molecule has 0 saturated heterocycles. The maximum absolute atomic E-state index is 11.9. The lowest BCUT2D eigenvalue weighted by Gasteiger charge is -2.08. The number of imidazole rings is 1. The molecule has 2 rings (SSSR count). The van der Waals surface area contributed by atoms with Crippen molar-refractivity contribution in [2.24, 2.45) is 0 Å². The lowest BCUT2D eigenvalue weighted by atomic mass is 10.1. The molecule has 1 amide bonds. The van der Waals surface area contributed by atoms with Gasteiger partial charge in [-0.1, -0.05) is 0 Å². The molecule has 6 nitrogen and oxygen atoms in total. The summed E-state index contributed by atoms with van der Waals surface area (Å²) in [6.07, 6.45) is 5.13. The number of nitrogen functional groups attached to an aromatic ring is 1. The van der Waals surface area contributed by atoms with Crippen LogP contribution in [0.15, 0.2) is 30.6 Å². The van der Waals surface area contributed by atoms with E-state index in [9.17, 15) is 4.79 Å². The quantitative estimate of drug-likeness (QED) is 0.548. The summed E-state index contributed by atoms with van der Waals surface area (Å²) in [5.41, 5.74) is 6.75. The number of rotatable bonds is 6. The van der Waals surface area contributed by atoms with Crippen molar-refractivity contribution in [2.75, 3.05) is 19.4 Å². The van der Waals surface area contributed by atoms with Crippen molar-refractivity contribution in [2.45, 2.75) is 12.8 Å². The van der Waals surface area contributed by atoms with E-state index in [0.717, 1.165) is 18.7 Å². The molecule has 20 heavy (non-hydrogen) atoms. The topological polar surface area (TPSA) is 93.0 Å². The van der Waals surface area contributed by atoms with Crippen LogP contribution in [0.3, 0.4) is 0 Å². The average Bonchev–Trinajstić information content (AvgIpc) is 2.96. The monoisotopic (exact) mass is 274 g/mol. The minimum Gasteiger partial charge on any atom is -0.495 e. The number of nitrogens with one attached hydrogen (secondary N) is 2. The second-order valence-electron chi connectivity index (χ2n) is 4.35. The van der Waals surface area contributed by atoms with Gasteiger partial charge in [-0.25, -0.2) is 4.98 Å². The Labute approximate surface area is 117 Å². The molecule has 1 aromatic carbocycles. The van der Waals surface area contributed by atoms with Crippen LogP contribution in [0.1, 0.15) is 22.6 Å². The predicted octanol–water partition coefficient (Wildman–Crippen LogP) is 1.36. The number of carbonyl (C=O) groups excluding carboxylic acids is 1. The van der Waals surface area contributed by atoms with Crippen molar-refractivity contribution >= 4 is 11.6 Å². The summed E-state index contributed by atoms with van der Waals surface area (Å²) in [6, 6.07) is 4.99. The van der Waals surface area contributed by atoms with Gasteiger partial charge >= 0.3 is 0 Å². The smallest absolute Gasteiger partial charge is 0.251 e. The van der Waals surface area contributed by atoms with Gasteiger partial charge in [0.05, 0.1) is 12.8 Å².